The quantitative estimate of drug-likeness (QED) is 0.0870. The molecule has 0 radical (unpaired) electrons. The van der Waals surface area contributed by atoms with Gasteiger partial charge < -0.3 is 28.7 Å². The molecular weight excluding hydrogens is 671 g/mol. The normalized spacial score (nSPS) is 10.6. The second-order valence-electron chi connectivity index (χ2n) is 14.8. The van der Waals surface area contributed by atoms with Crippen LogP contribution in [-0.4, -0.2) is 32.2 Å². The van der Waals surface area contributed by atoms with Gasteiger partial charge in [0, 0.05) is 6.04 Å². The summed E-state index contributed by atoms with van der Waals surface area (Å²) in [5, 5.41) is 0. The van der Waals surface area contributed by atoms with Gasteiger partial charge in [-0.15, -0.1) is 0 Å². The zero-order valence-electron chi connectivity index (χ0n) is 35.6. The van der Waals surface area contributed by atoms with E-state index in [1.54, 1.807) is 0 Å². The van der Waals surface area contributed by atoms with Gasteiger partial charge in [0.2, 0.25) is 0 Å². The summed E-state index contributed by atoms with van der Waals surface area (Å²) in [6.45, 7) is 20.0. The van der Waals surface area contributed by atoms with Gasteiger partial charge in [-0.25, -0.2) is 0 Å². The number of hydrogen-bond acceptors (Lipinski definition) is 5. The maximum absolute atomic E-state index is 5.67. The van der Waals surface area contributed by atoms with Crippen LogP contribution in [-0.2, 0) is 32.1 Å². The molecule has 0 saturated heterocycles. The number of aryl methyl sites for hydroxylation is 9. The van der Waals surface area contributed by atoms with Gasteiger partial charge in [0.15, 0.2) is 0 Å². The lowest BCUT2D eigenvalue weighted by atomic mass is 10.0. The van der Waals surface area contributed by atoms with E-state index >= 15 is 0 Å². The predicted octanol–water partition coefficient (Wildman–Crippen LogP) is 9.27. The largest absolute Gasteiger partial charge is 0.330 e. The van der Waals surface area contributed by atoms with Crippen molar-refractivity contribution >= 4 is 0 Å². The molecule has 0 heterocycles. The minimum atomic E-state index is 0.261. The lowest BCUT2D eigenvalue weighted by Gasteiger charge is -2.04. The van der Waals surface area contributed by atoms with Gasteiger partial charge in [-0.05, 0) is 177 Å². The van der Waals surface area contributed by atoms with Crippen molar-refractivity contribution in [2.45, 2.75) is 106 Å². The summed E-state index contributed by atoms with van der Waals surface area (Å²) in [5.41, 5.74) is 43.6. The summed E-state index contributed by atoms with van der Waals surface area (Å²) in [4.78, 5) is 0. The molecule has 5 aromatic carbocycles. The van der Waals surface area contributed by atoms with Crippen molar-refractivity contribution in [1.82, 2.24) is 0 Å². The molecule has 0 aliphatic rings. The predicted molar refractivity (Wildman–Crippen MR) is 243 cm³/mol. The second-order valence-corrected chi connectivity index (χ2v) is 14.8. The Morgan fingerprint density at radius 1 is 0.382 bits per heavy atom. The third-order valence-electron chi connectivity index (χ3n) is 9.15. The van der Waals surface area contributed by atoms with Crippen LogP contribution in [0, 0.1) is 48.5 Å². The van der Waals surface area contributed by atoms with Gasteiger partial charge >= 0.3 is 0 Å². The minimum absolute atomic E-state index is 0.261. The lowest BCUT2D eigenvalue weighted by molar-refractivity contribution is 0.738. The Kier molecular flexibility index (Phi) is 26.0. The molecule has 5 heteroatoms. The van der Waals surface area contributed by atoms with Crippen LogP contribution in [0.4, 0.5) is 0 Å². The van der Waals surface area contributed by atoms with Gasteiger partial charge in [-0.2, -0.15) is 0 Å². The number of benzene rings is 5. The molecule has 0 bridgehead atoms. The highest BCUT2D eigenvalue weighted by atomic mass is 14.6. The number of hydrogen-bond donors (Lipinski definition) is 5. The highest BCUT2D eigenvalue weighted by molar-refractivity contribution is 5.31. The molecule has 0 amide bonds. The lowest BCUT2D eigenvalue weighted by Crippen LogP contribution is -2.17. The monoisotopic (exact) mass is 746 g/mol. The summed E-state index contributed by atoms with van der Waals surface area (Å²) in [6, 6.07) is 38.9. The van der Waals surface area contributed by atoms with Crippen LogP contribution < -0.4 is 28.7 Å². The maximum atomic E-state index is 5.67. The van der Waals surface area contributed by atoms with Crippen LogP contribution in [0.3, 0.4) is 0 Å². The molecule has 0 saturated carbocycles. The molecule has 0 aliphatic carbocycles. The van der Waals surface area contributed by atoms with Gasteiger partial charge in [0.1, 0.15) is 0 Å². The maximum Gasteiger partial charge on any atom is 0.00509 e. The van der Waals surface area contributed by atoms with Crippen molar-refractivity contribution in [2.24, 2.45) is 28.7 Å². The fourth-order valence-corrected chi connectivity index (χ4v) is 5.81. The van der Waals surface area contributed by atoms with E-state index in [0.29, 0.717) is 0 Å². The average molecular weight is 746 g/mol. The third-order valence-corrected chi connectivity index (χ3v) is 9.15. The first-order chi connectivity index (χ1) is 26.3. The topological polar surface area (TPSA) is 130 Å². The van der Waals surface area contributed by atoms with Crippen LogP contribution >= 0.6 is 0 Å². The van der Waals surface area contributed by atoms with Crippen LogP contribution in [0.5, 0.6) is 0 Å². The average Bonchev–Trinajstić information content (AvgIpc) is 3.14. The minimum Gasteiger partial charge on any atom is -0.330 e. The van der Waals surface area contributed by atoms with E-state index in [1.807, 2.05) is 6.92 Å². The fourth-order valence-electron chi connectivity index (χ4n) is 5.81. The Balaban J connectivity index is 0.000000344. The van der Waals surface area contributed by atoms with Crippen molar-refractivity contribution in [3.05, 3.63) is 176 Å². The Bertz CT molecular complexity index is 1740. The molecule has 0 unspecified atom stereocenters. The summed E-state index contributed by atoms with van der Waals surface area (Å²) in [5.74, 6) is 0. The summed E-state index contributed by atoms with van der Waals surface area (Å²) in [6.07, 6.45) is 7.34. The standard InChI is InChI=1S/C11H17N.3C10H15N.C9H13N/c1-9-5-6-11(4-3-7-12)8-10(9)2;1-8-3-4-10(5-6-11)7-9(8)2;1-8-4-3-5-10(6-8)7-9(2)11;1-9-4-2-5-10(8-9)6-3-7-11;1-8-3-2-4-9(7-8)5-6-10/h5-6,8H,3-4,7,12H2,1-2H3;3-4,7H,5-6,11H2,1-2H3;3-6,9H,7,11H2,1-2H3;2,4-5,8H,3,6-7,11H2,1H3;2-4,7H,5-6,10H2,1H3/t;;9-;;/m..1../s1. The van der Waals surface area contributed by atoms with E-state index < -0.39 is 0 Å². The van der Waals surface area contributed by atoms with Crippen molar-refractivity contribution in [3.8, 4) is 0 Å². The molecular formula is C50H75N5. The van der Waals surface area contributed by atoms with Gasteiger partial charge in [-0.3, -0.25) is 0 Å². The molecule has 5 aromatic rings. The van der Waals surface area contributed by atoms with Crippen LogP contribution in [0.1, 0.15) is 86.5 Å². The molecule has 55 heavy (non-hydrogen) atoms. The van der Waals surface area contributed by atoms with E-state index in [0.717, 1.165) is 71.1 Å². The van der Waals surface area contributed by atoms with Crippen molar-refractivity contribution in [1.29, 1.82) is 0 Å². The van der Waals surface area contributed by atoms with E-state index in [1.165, 1.54) is 66.8 Å². The van der Waals surface area contributed by atoms with E-state index in [9.17, 15) is 0 Å². The molecule has 300 valence electrons. The molecule has 0 aliphatic heterocycles. The summed E-state index contributed by atoms with van der Waals surface area (Å²) < 4.78 is 0. The molecule has 0 aromatic heterocycles. The molecule has 0 fully saturated rings. The van der Waals surface area contributed by atoms with Crippen LogP contribution in [0.25, 0.3) is 0 Å². The Morgan fingerprint density at radius 3 is 1.07 bits per heavy atom. The summed E-state index contributed by atoms with van der Waals surface area (Å²) in [7, 11) is 0. The van der Waals surface area contributed by atoms with Gasteiger partial charge in [0.05, 0.1) is 0 Å². The number of nitrogens with two attached hydrogens (primary N) is 5. The SMILES string of the molecule is Cc1ccc(CCCN)cc1C.Cc1ccc(CCN)cc1C.Cc1cccc(CCCN)c1.Cc1cccc(CCN)c1.Cc1cccc(C[C@@H](C)N)c1. The smallest absolute Gasteiger partial charge is 0.00509 e. The Morgan fingerprint density at radius 2 is 0.727 bits per heavy atom. The van der Waals surface area contributed by atoms with E-state index in [2.05, 4.69) is 158 Å². The van der Waals surface area contributed by atoms with Crippen LogP contribution in [0.2, 0.25) is 0 Å². The zero-order valence-corrected chi connectivity index (χ0v) is 35.6. The summed E-state index contributed by atoms with van der Waals surface area (Å²) >= 11 is 0. The molecule has 1 atom stereocenters. The van der Waals surface area contributed by atoms with Crippen LogP contribution in [0.15, 0.2) is 109 Å². The first kappa shape index (κ1) is 48.9. The van der Waals surface area contributed by atoms with Crippen molar-refractivity contribution in [3.63, 3.8) is 0 Å². The first-order valence-electron chi connectivity index (χ1n) is 20.2. The highest BCUT2D eigenvalue weighted by Crippen LogP contribution is 2.12. The first-order valence-corrected chi connectivity index (χ1v) is 20.2. The zero-order chi connectivity index (χ0) is 41.0. The Labute approximate surface area is 336 Å². The molecule has 5 nitrogen and oxygen atoms in total. The Hall–Kier alpha value is -4.10. The van der Waals surface area contributed by atoms with E-state index in [-0.39, 0.29) is 6.04 Å². The van der Waals surface area contributed by atoms with Crippen molar-refractivity contribution < 1.29 is 0 Å². The third kappa shape index (κ3) is 23.4. The van der Waals surface area contributed by atoms with E-state index in [4.69, 9.17) is 28.7 Å². The molecule has 10 N–H and O–H groups in total. The van der Waals surface area contributed by atoms with Gasteiger partial charge in [-0.1, -0.05) is 126 Å². The fraction of sp³-hybridized carbons (Fsp3) is 0.400. The molecule has 5 rings (SSSR count). The van der Waals surface area contributed by atoms with Crippen molar-refractivity contribution in [2.75, 3.05) is 26.2 Å². The second kappa shape index (κ2) is 29.2. The highest BCUT2D eigenvalue weighted by Gasteiger charge is 1.98. The molecule has 0 spiro atoms. The number of rotatable bonds is 12. The van der Waals surface area contributed by atoms with Gasteiger partial charge in [0.25, 0.3) is 0 Å².